The maximum atomic E-state index is 13.6. The molecule has 0 amide bonds. The van der Waals surface area contributed by atoms with Crippen LogP contribution in [-0.2, 0) is 9.53 Å². The lowest BCUT2D eigenvalue weighted by Crippen LogP contribution is -2.70. The third-order valence-electron chi connectivity index (χ3n) is 5.25. The SMILES string of the molecule is CCOC(=O)C1(O)C(C(=O)c2ccccc2)C(c2ccc(OC)cc2)NC(=S)N1C. The van der Waals surface area contributed by atoms with Crippen molar-refractivity contribution in [2.24, 2.45) is 5.92 Å². The molecule has 0 saturated carbocycles. The Balaban J connectivity index is 2.16. The van der Waals surface area contributed by atoms with Gasteiger partial charge in [-0.15, -0.1) is 0 Å². The molecule has 7 nitrogen and oxygen atoms in total. The minimum absolute atomic E-state index is 0.0502. The van der Waals surface area contributed by atoms with Crippen molar-refractivity contribution in [1.82, 2.24) is 10.2 Å². The number of carbonyl (C=O) groups excluding carboxylic acids is 2. The van der Waals surface area contributed by atoms with Crippen molar-refractivity contribution in [2.45, 2.75) is 18.7 Å². The lowest BCUT2D eigenvalue weighted by atomic mass is 9.77. The quantitative estimate of drug-likeness (QED) is 0.412. The monoisotopic (exact) mass is 428 g/mol. The molecule has 0 aromatic heterocycles. The summed E-state index contributed by atoms with van der Waals surface area (Å²) in [6.07, 6.45) is 0. The lowest BCUT2D eigenvalue weighted by Gasteiger charge is -2.49. The third-order valence-corrected chi connectivity index (χ3v) is 5.65. The number of ketones is 1. The molecule has 1 fully saturated rings. The van der Waals surface area contributed by atoms with E-state index in [4.69, 9.17) is 21.7 Å². The highest BCUT2D eigenvalue weighted by atomic mass is 32.1. The molecular weight excluding hydrogens is 404 g/mol. The number of nitrogens with zero attached hydrogens (tertiary/aromatic N) is 1. The molecule has 30 heavy (non-hydrogen) atoms. The maximum absolute atomic E-state index is 13.6. The minimum Gasteiger partial charge on any atom is -0.497 e. The van der Waals surface area contributed by atoms with Gasteiger partial charge in [0, 0.05) is 12.6 Å². The Morgan fingerprint density at radius 3 is 2.37 bits per heavy atom. The second-order valence-electron chi connectivity index (χ2n) is 6.91. The Kier molecular flexibility index (Phi) is 6.38. The van der Waals surface area contributed by atoms with Crippen LogP contribution in [0, 0.1) is 5.92 Å². The van der Waals surface area contributed by atoms with Gasteiger partial charge in [-0.1, -0.05) is 42.5 Å². The van der Waals surface area contributed by atoms with Crippen molar-refractivity contribution in [3.63, 3.8) is 0 Å². The van der Waals surface area contributed by atoms with Crippen LogP contribution >= 0.6 is 12.2 Å². The first-order valence-corrected chi connectivity index (χ1v) is 9.92. The first kappa shape index (κ1) is 21.7. The van der Waals surface area contributed by atoms with Gasteiger partial charge in [0.25, 0.3) is 5.72 Å². The number of aliphatic hydroxyl groups is 1. The molecule has 1 saturated heterocycles. The largest absolute Gasteiger partial charge is 0.497 e. The van der Waals surface area contributed by atoms with Gasteiger partial charge < -0.3 is 24.8 Å². The Labute approximate surface area is 180 Å². The standard InChI is InChI=1S/C22H24N2O5S/c1-4-29-20(26)22(27)17(19(25)15-8-6-5-7-9-15)18(23-21(30)24(22)2)14-10-12-16(28-3)13-11-14/h5-13,17-18,27H,4H2,1-3H3,(H,23,30). The van der Waals surface area contributed by atoms with Gasteiger partial charge in [0.2, 0.25) is 0 Å². The van der Waals surface area contributed by atoms with Crippen LogP contribution in [0.2, 0.25) is 0 Å². The average molecular weight is 429 g/mol. The summed E-state index contributed by atoms with van der Waals surface area (Å²) in [7, 11) is 3.01. The molecule has 2 aromatic carbocycles. The van der Waals surface area contributed by atoms with Crippen LogP contribution in [0.5, 0.6) is 5.75 Å². The fraction of sp³-hybridized carbons (Fsp3) is 0.318. The predicted molar refractivity (Wildman–Crippen MR) is 115 cm³/mol. The topological polar surface area (TPSA) is 88.1 Å². The second-order valence-corrected chi connectivity index (χ2v) is 7.30. The number of Topliss-reactive ketones (excluding diaryl/α,β-unsaturated/α-hetero) is 1. The Hall–Kier alpha value is -2.97. The van der Waals surface area contributed by atoms with E-state index in [1.54, 1.807) is 68.6 Å². The number of esters is 1. The molecule has 2 N–H and O–H groups in total. The summed E-state index contributed by atoms with van der Waals surface area (Å²) in [4.78, 5) is 27.7. The molecular formula is C22H24N2O5S. The fourth-order valence-corrected chi connectivity index (χ4v) is 3.88. The molecule has 3 rings (SSSR count). The number of ether oxygens (including phenoxy) is 2. The molecule has 0 spiro atoms. The van der Waals surface area contributed by atoms with E-state index in [2.05, 4.69) is 5.32 Å². The van der Waals surface area contributed by atoms with E-state index in [1.807, 2.05) is 0 Å². The summed E-state index contributed by atoms with van der Waals surface area (Å²) in [5, 5.41) is 14.8. The van der Waals surface area contributed by atoms with Crippen molar-refractivity contribution < 1.29 is 24.2 Å². The molecule has 3 atom stereocenters. The Morgan fingerprint density at radius 1 is 1.17 bits per heavy atom. The van der Waals surface area contributed by atoms with Gasteiger partial charge in [-0.3, -0.25) is 4.79 Å². The molecule has 158 valence electrons. The Morgan fingerprint density at radius 2 is 1.80 bits per heavy atom. The summed E-state index contributed by atoms with van der Waals surface area (Å²) >= 11 is 5.37. The number of carbonyl (C=O) groups is 2. The van der Waals surface area contributed by atoms with Gasteiger partial charge in [-0.2, -0.15) is 0 Å². The summed E-state index contributed by atoms with van der Waals surface area (Å²) in [5.41, 5.74) is -1.24. The summed E-state index contributed by atoms with van der Waals surface area (Å²) in [5.74, 6) is -1.91. The molecule has 0 radical (unpaired) electrons. The molecule has 8 heteroatoms. The molecule has 1 aliphatic heterocycles. The van der Waals surface area contributed by atoms with Gasteiger partial charge >= 0.3 is 5.97 Å². The molecule has 3 unspecified atom stereocenters. The number of nitrogens with one attached hydrogen (secondary N) is 1. The van der Waals surface area contributed by atoms with Crippen molar-refractivity contribution in [3.8, 4) is 5.75 Å². The average Bonchev–Trinajstić information content (AvgIpc) is 2.77. The number of methoxy groups -OCH3 is 1. The van der Waals surface area contributed by atoms with Crippen molar-refractivity contribution >= 4 is 29.1 Å². The van der Waals surface area contributed by atoms with E-state index in [9.17, 15) is 14.7 Å². The van der Waals surface area contributed by atoms with E-state index < -0.39 is 29.4 Å². The van der Waals surface area contributed by atoms with Crippen molar-refractivity contribution in [3.05, 3.63) is 65.7 Å². The van der Waals surface area contributed by atoms with Gasteiger partial charge in [0.1, 0.15) is 11.7 Å². The van der Waals surface area contributed by atoms with Crippen LogP contribution in [0.15, 0.2) is 54.6 Å². The summed E-state index contributed by atoms with van der Waals surface area (Å²) < 4.78 is 10.4. The molecule has 0 bridgehead atoms. The van der Waals surface area contributed by atoms with Crippen LogP contribution in [0.3, 0.4) is 0 Å². The molecule has 0 aliphatic carbocycles. The smallest absolute Gasteiger partial charge is 0.360 e. The third kappa shape index (κ3) is 3.76. The second kappa shape index (κ2) is 8.81. The van der Waals surface area contributed by atoms with E-state index >= 15 is 0 Å². The minimum atomic E-state index is -2.28. The molecule has 1 heterocycles. The number of thiocarbonyl (C=S) groups is 1. The first-order chi connectivity index (χ1) is 14.3. The fourth-order valence-electron chi connectivity index (χ4n) is 3.61. The van der Waals surface area contributed by atoms with E-state index in [1.165, 1.54) is 11.9 Å². The lowest BCUT2D eigenvalue weighted by molar-refractivity contribution is -0.191. The van der Waals surface area contributed by atoms with Crippen LogP contribution in [0.1, 0.15) is 28.9 Å². The van der Waals surface area contributed by atoms with Crippen molar-refractivity contribution in [1.29, 1.82) is 0 Å². The van der Waals surface area contributed by atoms with E-state index in [0.29, 0.717) is 16.9 Å². The highest BCUT2D eigenvalue weighted by Crippen LogP contribution is 2.40. The number of benzene rings is 2. The van der Waals surface area contributed by atoms with Gasteiger partial charge in [-0.25, -0.2) is 4.79 Å². The summed E-state index contributed by atoms with van der Waals surface area (Å²) in [6, 6.07) is 14.8. The zero-order chi connectivity index (χ0) is 21.9. The maximum Gasteiger partial charge on any atom is 0.360 e. The van der Waals surface area contributed by atoms with E-state index in [-0.39, 0.29) is 11.7 Å². The number of hydrogen-bond acceptors (Lipinski definition) is 6. The van der Waals surface area contributed by atoms with Crippen LogP contribution in [0.25, 0.3) is 0 Å². The van der Waals surface area contributed by atoms with Gasteiger partial charge in [0.15, 0.2) is 10.9 Å². The molecule has 1 aliphatic rings. The first-order valence-electron chi connectivity index (χ1n) is 9.51. The molecule has 2 aromatic rings. The summed E-state index contributed by atoms with van der Waals surface area (Å²) in [6.45, 7) is 1.68. The van der Waals surface area contributed by atoms with Crippen LogP contribution in [0.4, 0.5) is 0 Å². The van der Waals surface area contributed by atoms with E-state index in [0.717, 1.165) is 0 Å². The van der Waals surface area contributed by atoms with Gasteiger partial charge in [0.05, 0.1) is 19.8 Å². The number of likely N-dealkylation sites (N-methyl/N-ethyl adjacent to an activating group) is 1. The normalized spacial score (nSPS) is 23.5. The highest BCUT2D eigenvalue weighted by molar-refractivity contribution is 7.80. The Bertz CT molecular complexity index is 934. The predicted octanol–water partition coefficient (Wildman–Crippen LogP) is 2.31. The highest BCUT2D eigenvalue weighted by Gasteiger charge is 2.59. The van der Waals surface area contributed by atoms with Gasteiger partial charge in [-0.05, 0) is 36.8 Å². The van der Waals surface area contributed by atoms with Crippen LogP contribution < -0.4 is 10.1 Å². The number of rotatable bonds is 6. The number of hydrogen-bond donors (Lipinski definition) is 2. The van der Waals surface area contributed by atoms with Crippen molar-refractivity contribution in [2.75, 3.05) is 20.8 Å². The zero-order valence-corrected chi connectivity index (χ0v) is 17.8. The zero-order valence-electron chi connectivity index (χ0n) is 17.0. The van der Waals surface area contributed by atoms with Crippen LogP contribution in [-0.4, -0.2) is 53.4 Å².